The lowest BCUT2D eigenvalue weighted by Crippen LogP contribution is -2.38. The first-order valence-electron chi connectivity index (χ1n) is 7.19. The van der Waals surface area contributed by atoms with Gasteiger partial charge in [-0.1, -0.05) is 0 Å². The molecule has 0 aliphatic rings. The molecule has 5 heteroatoms. The molecule has 2 aromatic rings. The minimum absolute atomic E-state index is 0.126. The average molecular weight is 286 g/mol. The number of rotatable bonds is 5. The van der Waals surface area contributed by atoms with E-state index in [1.54, 1.807) is 12.4 Å². The van der Waals surface area contributed by atoms with Gasteiger partial charge in [0.15, 0.2) is 0 Å². The fraction of sp³-hybridized carbons (Fsp3) is 0.375. The number of nitrogen functional groups attached to an aromatic ring is 1. The van der Waals surface area contributed by atoms with Crippen molar-refractivity contribution >= 4 is 28.1 Å². The van der Waals surface area contributed by atoms with E-state index in [-0.39, 0.29) is 5.91 Å². The summed E-state index contributed by atoms with van der Waals surface area (Å²) in [7, 11) is 1.92. The molecule has 1 aromatic carbocycles. The third-order valence-corrected chi connectivity index (χ3v) is 3.73. The smallest absolute Gasteiger partial charge is 0.242 e. The molecule has 2 rings (SSSR count). The number of carbonyl (C=O) groups is 1. The molecule has 0 aliphatic carbocycles. The molecular formula is C16H22N4O. The third kappa shape index (κ3) is 3.07. The number of amides is 1. The van der Waals surface area contributed by atoms with E-state index in [0.29, 0.717) is 12.2 Å². The summed E-state index contributed by atoms with van der Waals surface area (Å²) in [6, 6.07) is 5.74. The molecule has 0 unspecified atom stereocenters. The SMILES string of the molecule is CCN(CC)C(=O)CN(C)c1ccc(N)c2cnccc12. The Kier molecular flexibility index (Phi) is 4.62. The lowest BCUT2D eigenvalue weighted by molar-refractivity contribution is -0.129. The van der Waals surface area contributed by atoms with Crippen molar-refractivity contribution in [1.82, 2.24) is 9.88 Å². The van der Waals surface area contributed by atoms with E-state index in [9.17, 15) is 4.79 Å². The molecule has 0 saturated heterocycles. The minimum Gasteiger partial charge on any atom is -0.398 e. The molecule has 112 valence electrons. The number of hydrogen-bond acceptors (Lipinski definition) is 4. The summed E-state index contributed by atoms with van der Waals surface area (Å²) in [5.74, 6) is 0.126. The molecule has 2 N–H and O–H groups in total. The van der Waals surface area contributed by atoms with Crippen LogP contribution in [0.4, 0.5) is 11.4 Å². The normalized spacial score (nSPS) is 10.6. The highest BCUT2D eigenvalue weighted by Gasteiger charge is 2.15. The average Bonchev–Trinajstić information content (AvgIpc) is 2.49. The van der Waals surface area contributed by atoms with Gasteiger partial charge in [-0.25, -0.2) is 0 Å². The molecular weight excluding hydrogens is 264 g/mol. The van der Waals surface area contributed by atoms with Crippen LogP contribution < -0.4 is 10.6 Å². The highest BCUT2D eigenvalue weighted by Crippen LogP contribution is 2.29. The Morgan fingerprint density at radius 1 is 1.19 bits per heavy atom. The molecule has 1 heterocycles. The summed E-state index contributed by atoms with van der Waals surface area (Å²) in [5, 5.41) is 1.93. The predicted molar refractivity (Wildman–Crippen MR) is 87.4 cm³/mol. The molecule has 0 bridgehead atoms. The van der Waals surface area contributed by atoms with Gasteiger partial charge in [0.1, 0.15) is 0 Å². The largest absolute Gasteiger partial charge is 0.398 e. The molecule has 21 heavy (non-hydrogen) atoms. The van der Waals surface area contributed by atoms with Crippen LogP contribution in [0.3, 0.4) is 0 Å². The van der Waals surface area contributed by atoms with Gasteiger partial charge >= 0.3 is 0 Å². The van der Waals surface area contributed by atoms with Crippen LogP contribution in [-0.4, -0.2) is 42.5 Å². The van der Waals surface area contributed by atoms with E-state index >= 15 is 0 Å². The van der Waals surface area contributed by atoms with Crippen LogP contribution in [0.5, 0.6) is 0 Å². The first-order chi connectivity index (χ1) is 10.1. The highest BCUT2D eigenvalue weighted by molar-refractivity contribution is 6.01. The fourth-order valence-corrected chi connectivity index (χ4v) is 2.49. The second-order valence-corrected chi connectivity index (χ2v) is 5.02. The maximum Gasteiger partial charge on any atom is 0.242 e. The van der Waals surface area contributed by atoms with Gasteiger partial charge in [-0.05, 0) is 32.0 Å². The molecule has 1 aromatic heterocycles. The summed E-state index contributed by atoms with van der Waals surface area (Å²) < 4.78 is 0. The summed E-state index contributed by atoms with van der Waals surface area (Å²) >= 11 is 0. The van der Waals surface area contributed by atoms with Crippen LogP contribution in [0.15, 0.2) is 30.6 Å². The van der Waals surface area contributed by atoms with Crippen LogP contribution in [0.1, 0.15) is 13.8 Å². The number of aromatic nitrogens is 1. The number of carbonyl (C=O) groups excluding carboxylic acids is 1. The van der Waals surface area contributed by atoms with Crippen molar-refractivity contribution in [3.05, 3.63) is 30.6 Å². The number of benzene rings is 1. The zero-order valence-electron chi connectivity index (χ0n) is 12.8. The highest BCUT2D eigenvalue weighted by atomic mass is 16.2. The summed E-state index contributed by atoms with van der Waals surface area (Å²) in [4.78, 5) is 20.1. The monoisotopic (exact) mass is 286 g/mol. The lowest BCUT2D eigenvalue weighted by atomic mass is 10.1. The van der Waals surface area contributed by atoms with Crippen LogP contribution in [0.2, 0.25) is 0 Å². The zero-order chi connectivity index (χ0) is 15.4. The van der Waals surface area contributed by atoms with Gasteiger partial charge in [-0.2, -0.15) is 0 Å². The van der Waals surface area contributed by atoms with Crippen molar-refractivity contribution in [2.45, 2.75) is 13.8 Å². The van der Waals surface area contributed by atoms with Gasteiger partial charge in [0, 0.05) is 54.7 Å². The maximum atomic E-state index is 12.2. The molecule has 0 fully saturated rings. The van der Waals surface area contributed by atoms with Crippen LogP contribution in [0.25, 0.3) is 10.8 Å². The van der Waals surface area contributed by atoms with Gasteiger partial charge in [0.2, 0.25) is 5.91 Å². The Bertz CT molecular complexity index is 637. The predicted octanol–water partition coefficient (Wildman–Crippen LogP) is 2.12. The summed E-state index contributed by atoms with van der Waals surface area (Å²) in [5.41, 5.74) is 7.67. The van der Waals surface area contributed by atoms with Crippen LogP contribution in [-0.2, 0) is 4.79 Å². The summed E-state index contributed by atoms with van der Waals surface area (Å²) in [6.07, 6.45) is 3.50. The van der Waals surface area contributed by atoms with E-state index < -0.39 is 0 Å². The minimum atomic E-state index is 0.126. The molecule has 0 spiro atoms. The van der Waals surface area contributed by atoms with E-state index in [2.05, 4.69) is 4.98 Å². The number of anilines is 2. The number of nitrogens with two attached hydrogens (primary N) is 1. The number of pyridine rings is 1. The first-order valence-corrected chi connectivity index (χ1v) is 7.19. The Hall–Kier alpha value is -2.30. The van der Waals surface area contributed by atoms with Crippen molar-refractivity contribution < 1.29 is 4.79 Å². The van der Waals surface area contributed by atoms with Crippen molar-refractivity contribution in [3.63, 3.8) is 0 Å². The second kappa shape index (κ2) is 6.43. The van der Waals surface area contributed by atoms with Gasteiger partial charge < -0.3 is 15.5 Å². The van der Waals surface area contributed by atoms with E-state index in [1.165, 1.54) is 0 Å². The zero-order valence-corrected chi connectivity index (χ0v) is 12.8. The molecule has 0 atom stereocenters. The number of fused-ring (bicyclic) bond motifs is 1. The maximum absolute atomic E-state index is 12.2. The van der Waals surface area contributed by atoms with Crippen LogP contribution >= 0.6 is 0 Å². The first kappa shape index (κ1) is 15.1. The van der Waals surface area contributed by atoms with Crippen molar-refractivity contribution in [2.24, 2.45) is 0 Å². The van der Waals surface area contributed by atoms with E-state index in [0.717, 1.165) is 29.5 Å². The molecule has 1 amide bonds. The number of nitrogens with zero attached hydrogens (tertiary/aromatic N) is 3. The Balaban J connectivity index is 2.30. The van der Waals surface area contributed by atoms with Crippen molar-refractivity contribution in [3.8, 4) is 0 Å². The Morgan fingerprint density at radius 2 is 1.90 bits per heavy atom. The van der Waals surface area contributed by atoms with Gasteiger partial charge in [0.25, 0.3) is 0 Å². The van der Waals surface area contributed by atoms with Gasteiger partial charge in [-0.3, -0.25) is 9.78 Å². The standard InChI is InChI=1S/C16H22N4O/c1-4-20(5-2)16(21)11-19(3)15-7-6-14(17)13-10-18-9-8-12(13)15/h6-10H,4-5,11,17H2,1-3H3. The van der Waals surface area contributed by atoms with E-state index in [4.69, 9.17) is 5.73 Å². The Morgan fingerprint density at radius 3 is 2.57 bits per heavy atom. The van der Waals surface area contributed by atoms with Gasteiger partial charge in [-0.15, -0.1) is 0 Å². The molecule has 0 saturated carbocycles. The molecule has 0 aliphatic heterocycles. The second-order valence-electron chi connectivity index (χ2n) is 5.02. The van der Waals surface area contributed by atoms with E-state index in [1.807, 2.05) is 48.9 Å². The quantitative estimate of drug-likeness (QED) is 0.855. The van der Waals surface area contributed by atoms with Crippen LogP contribution in [0, 0.1) is 0 Å². The molecule has 5 nitrogen and oxygen atoms in total. The Labute approximate surface area is 125 Å². The molecule has 0 radical (unpaired) electrons. The fourth-order valence-electron chi connectivity index (χ4n) is 2.49. The topological polar surface area (TPSA) is 62.5 Å². The number of hydrogen-bond donors (Lipinski definition) is 1. The number of likely N-dealkylation sites (N-methyl/N-ethyl adjacent to an activating group) is 2. The van der Waals surface area contributed by atoms with Crippen molar-refractivity contribution in [2.75, 3.05) is 37.3 Å². The van der Waals surface area contributed by atoms with Gasteiger partial charge in [0.05, 0.1) is 6.54 Å². The lowest BCUT2D eigenvalue weighted by Gasteiger charge is -2.25. The van der Waals surface area contributed by atoms with Crippen molar-refractivity contribution in [1.29, 1.82) is 0 Å². The summed E-state index contributed by atoms with van der Waals surface area (Å²) in [6.45, 7) is 5.80. The third-order valence-electron chi connectivity index (χ3n) is 3.73.